The van der Waals surface area contributed by atoms with E-state index in [0.717, 1.165) is 48.0 Å². The van der Waals surface area contributed by atoms with E-state index < -0.39 is 0 Å². The highest BCUT2D eigenvalue weighted by Gasteiger charge is 2.28. The summed E-state index contributed by atoms with van der Waals surface area (Å²) < 4.78 is 8.41. The molecule has 1 aromatic carbocycles. The highest BCUT2D eigenvalue weighted by molar-refractivity contribution is 7.22. The Morgan fingerprint density at radius 3 is 2.62 bits per heavy atom. The highest BCUT2D eigenvalue weighted by atomic mass is 32.1. The molecule has 29 heavy (non-hydrogen) atoms. The normalized spacial score (nSPS) is 15.1. The molecule has 1 aliphatic heterocycles. The summed E-state index contributed by atoms with van der Waals surface area (Å²) in [5.74, 6) is 0.812. The predicted molar refractivity (Wildman–Crippen MR) is 116 cm³/mol. The first-order valence-corrected chi connectivity index (χ1v) is 10.7. The van der Waals surface area contributed by atoms with Crippen molar-refractivity contribution in [2.75, 3.05) is 32.1 Å². The van der Waals surface area contributed by atoms with E-state index in [0.29, 0.717) is 5.69 Å². The monoisotopic (exact) mass is 413 g/mol. The standard InChI is InChI=1S/C21H27N5O2S/c1-13-6-7-17(28-5)18-19(13)29-21(22-18)26-10-8-15(9-11-26)24(3)20(27)16-12-14(2)25(4)23-16/h6-7,12,15H,8-11H2,1-5H3. The molecule has 154 valence electrons. The number of hydrogen-bond acceptors (Lipinski definition) is 6. The fourth-order valence-electron chi connectivity index (χ4n) is 3.85. The maximum absolute atomic E-state index is 12.8. The molecule has 1 saturated heterocycles. The number of piperidine rings is 1. The van der Waals surface area contributed by atoms with Gasteiger partial charge in [-0.2, -0.15) is 5.10 Å². The average molecular weight is 414 g/mol. The molecule has 1 aliphatic rings. The van der Waals surface area contributed by atoms with Crippen LogP contribution in [0.2, 0.25) is 0 Å². The summed E-state index contributed by atoms with van der Waals surface area (Å²) in [5, 5.41) is 5.36. The van der Waals surface area contributed by atoms with Crippen LogP contribution >= 0.6 is 11.3 Å². The van der Waals surface area contributed by atoms with Gasteiger partial charge in [-0.1, -0.05) is 17.4 Å². The van der Waals surface area contributed by atoms with Gasteiger partial charge in [-0.05, 0) is 44.4 Å². The van der Waals surface area contributed by atoms with Crippen LogP contribution in [0, 0.1) is 13.8 Å². The fourth-order valence-corrected chi connectivity index (χ4v) is 4.96. The molecule has 0 spiro atoms. The quantitative estimate of drug-likeness (QED) is 0.656. The summed E-state index contributed by atoms with van der Waals surface area (Å²) in [7, 11) is 5.43. The Balaban J connectivity index is 1.46. The third kappa shape index (κ3) is 3.57. The number of methoxy groups -OCH3 is 1. The number of aryl methyl sites for hydroxylation is 3. The van der Waals surface area contributed by atoms with Gasteiger partial charge in [0.1, 0.15) is 11.3 Å². The van der Waals surface area contributed by atoms with Crippen LogP contribution < -0.4 is 9.64 Å². The molecular formula is C21H27N5O2S. The second-order valence-corrected chi connectivity index (χ2v) is 8.67. The van der Waals surface area contributed by atoms with Crippen LogP contribution in [0.5, 0.6) is 5.75 Å². The fraction of sp³-hybridized carbons (Fsp3) is 0.476. The van der Waals surface area contributed by atoms with Crippen LogP contribution in [-0.2, 0) is 7.05 Å². The van der Waals surface area contributed by atoms with Gasteiger partial charge < -0.3 is 14.5 Å². The zero-order valence-electron chi connectivity index (χ0n) is 17.6. The number of carbonyl (C=O) groups excluding carboxylic acids is 1. The molecule has 3 heterocycles. The van der Waals surface area contributed by atoms with E-state index in [9.17, 15) is 4.79 Å². The Morgan fingerprint density at radius 2 is 2.00 bits per heavy atom. The topological polar surface area (TPSA) is 63.5 Å². The number of thiazole rings is 1. The summed E-state index contributed by atoms with van der Waals surface area (Å²) >= 11 is 1.72. The molecule has 0 N–H and O–H groups in total. The van der Waals surface area contributed by atoms with E-state index in [4.69, 9.17) is 9.72 Å². The van der Waals surface area contributed by atoms with Crippen molar-refractivity contribution in [2.24, 2.45) is 7.05 Å². The Hall–Kier alpha value is -2.61. The SMILES string of the molecule is COc1ccc(C)c2sc(N3CCC(N(C)C(=O)c4cc(C)n(C)n4)CC3)nc12. The highest BCUT2D eigenvalue weighted by Crippen LogP contribution is 2.37. The lowest BCUT2D eigenvalue weighted by molar-refractivity contribution is 0.0702. The van der Waals surface area contributed by atoms with Crippen LogP contribution in [0.15, 0.2) is 18.2 Å². The van der Waals surface area contributed by atoms with Crippen LogP contribution in [0.3, 0.4) is 0 Å². The maximum atomic E-state index is 12.8. The van der Waals surface area contributed by atoms with Crippen molar-refractivity contribution >= 4 is 32.6 Å². The van der Waals surface area contributed by atoms with Gasteiger partial charge in [0.05, 0.1) is 11.8 Å². The summed E-state index contributed by atoms with van der Waals surface area (Å²) in [6.45, 7) is 5.82. The molecule has 0 saturated carbocycles. The molecule has 3 aromatic rings. The van der Waals surface area contributed by atoms with Gasteiger partial charge in [0, 0.05) is 38.9 Å². The smallest absolute Gasteiger partial charge is 0.274 e. The second-order valence-electron chi connectivity index (χ2n) is 7.69. The Morgan fingerprint density at radius 1 is 1.28 bits per heavy atom. The zero-order valence-corrected chi connectivity index (χ0v) is 18.4. The van der Waals surface area contributed by atoms with Gasteiger partial charge in [0.2, 0.25) is 0 Å². The van der Waals surface area contributed by atoms with E-state index in [1.807, 2.05) is 38.1 Å². The molecule has 1 fully saturated rings. The molecule has 4 rings (SSSR count). The van der Waals surface area contributed by atoms with Crippen LogP contribution in [-0.4, -0.2) is 58.9 Å². The summed E-state index contributed by atoms with van der Waals surface area (Å²) in [6, 6.07) is 6.12. The third-order valence-electron chi connectivity index (χ3n) is 5.85. The first-order chi connectivity index (χ1) is 13.9. The minimum atomic E-state index is -0.00695. The minimum Gasteiger partial charge on any atom is -0.494 e. The lowest BCUT2D eigenvalue weighted by Gasteiger charge is -2.36. The zero-order chi connectivity index (χ0) is 20.7. The van der Waals surface area contributed by atoms with Gasteiger partial charge in [-0.25, -0.2) is 4.98 Å². The van der Waals surface area contributed by atoms with Gasteiger partial charge >= 0.3 is 0 Å². The van der Waals surface area contributed by atoms with Crippen molar-refractivity contribution in [1.29, 1.82) is 0 Å². The molecular weight excluding hydrogens is 386 g/mol. The van der Waals surface area contributed by atoms with Crippen molar-refractivity contribution in [3.05, 3.63) is 35.2 Å². The Kier molecular flexibility index (Phi) is 5.21. The molecule has 7 nitrogen and oxygen atoms in total. The first kappa shape index (κ1) is 19.7. The second kappa shape index (κ2) is 7.67. The van der Waals surface area contributed by atoms with Gasteiger partial charge in [0.15, 0.2) is 10.8 Å². The van der Waals surface area contributed by atoms with E-state index in [1.165, 1.54) is 10.3 Å². The van der Waals surface area contributed by atoms with Crippen LogP contribution in [0.25, 0.3) is 10.2 Å². The van der Waals surface area contributed by atoms with Gasteiger partial charge in [-0.3, -0.25) is 9.48 Å². The molecule has 8 heteroatoms. The van der Waals surface area contributed by atoms with Crippen molar-refractivity contribution < 1.29 is 9.53 Å². The first-order valence-electron chi connectivity index (χ1n) is 9.86. The number of aromatic nitrogens is 3. The van der Waals surface area contributed by atoms with E-state index >= 15 is 0 Å². The number of carbonyl (C=O) groups is 1. The van der Waals surface area contributed by atoms with E-state index in [2.05, 4.69) is 23.0 Å². The van der Waals surface area contributed by atoms with E-state index in [1.54, 1.807) is 23.1 Å². The van der Waals surface area contributed by atoms with Crippen molar-refractivity contribution in [1.82, 2.24) is 19.7 Å². The lowest BCUT2D eigenvalue weighted by Crippen LogP contribution is -2.45. The summed E-state index contributed by atoms with van der Waals surface area (Å²) in [4.78, 5) is 21.8. The van der Waals surface area contributed by atoms with Crippen molar-refractivity contribution in [3.8, 4) is 5.75 Å². The third-order valence-corrected chi connectivity index (χ3v) is 7.10. The molecule has 2 aromatic heterocycles. The molecule has 1 amide bonds. The Labute approximate surface area is 174 Å². The summed E-state index contributed by atoms with van der Waals surface area (Å²) in [6.07, 6.45) is 1.83. The van der Waals surface area contributed by atoms with Crippen LogP contribution in [0.1, 0.15) is 34.6 Å². The number of rotatable bonds is 4. The number of benzene rings is 1. The largest absolute Gasteiger partial charge is 0.494 e. The van der Waals surface area contributed by atoms with Gasteiger partial charge in [0.25, 0.3) is 5.91 Å². The lowest BCUT2D eigenvalue weighted by atomic mass is 10.0. The number of fused-ring (bicyclic) bond motifs is 1. The van der Waals surface area contributed by atoms with Gasteiger partial charge in [-0.15, -0.1) is 0 Å². The molecule has 0 atom stereocenters. The predicted octanol–water partition coefficient (Wildman–Crippen LogP) is 3.40. The maximum Gasteiger partial charge on any atom is 0.274 e. The van der Waals surface area contributed by atoms with Crippen LogP contribution in [0.4, 0.5) is 5.13 Å². The van der Waals surface area contributed by atoms with Crippen molar-refractivity contribution in [3.63, 3.8) is 0 Å². The molecule has 0 bridgehead atoms. The number of amides is 1. The number of nitrogens with zero attached hydrogens (tertiary/aromatic N) is 5. The number of hydrogen-bond donors (Lipinski definition) is 0. The Bertz CT molecular complexity index is 1030. The minimum absolute atomic E-state index is 0.00695. The van der Waals surface area contributed by atoms with E-state index in [-0.39, 0.29) is 11.9 Å². The molecule has 0 aliphatic carbocycles. The number of anilines is 1. The average Bonchev–Trinajstić information content (AvgIpc) is 3.32. The summed E-state index contributed by atoms with van der Waals surface area (Å²) in [5.41, 5.74) is 3.66. The van der Waals surface area contributed by atoms with Crippen molar-refractivity contribution in [2.45, 2.75) is 32.7 Å². The molecule has 0 unspecified atom stereocenters. The number of ether oxygens (including phenoxy) is 1. The molecule has 0 radical (unpaired) electrons.